The molecule has 0 spiro atoms. The zero-order valence-corrected chi connectivity index (χ0v) is 11.4. The molecule has 1 fully saturated rings. The van der Waals surface area contributed by atoms with E-state index in [9.17, 15) is 4.79 Å². The van der Waals surface area contributed by atoms with Gasteiger partial charge in [0.05, 0.1) is 5.41 Å². The van der Waals surface area contributed by atoms with Gasteiger partial charge in [-0.3, -0.25) is 4.79 Å². The summed E-state index contributed by atoms with van der Waals surface area (Å²) in [5, 5.41) is 9.11. The minimum absolute atomic E-state index is 0.430. The lowest BCUT2D eigenvalue weighted by atomic mass is 10.0. The first kappa shape index (κ1) is 12.4. The van der Waals surface area contributed by atoms with Gasteiger partial charge in [0.1, 0.15) is 0 Å². The zero-order valence-electron chi connectivity index (χ0n) is 9.82. The lowest BCUT2D eigenvalue weighted by molar-refractivity contribution is -0.143. The average molecular weight is 298 g/mol. The summed E-state index contributed by atoms with van der Waals surface area (Å²) in [5.41, 5.74) is 0.681. The minimum atomic E-state index is -0.639. The summed E-state index contributed by atoms with van der Waals surface area (Å²) in [6.45, 7) is 0.781. The van der Waals surface area contributed by atoms with Gasteiger partial charge in [-0.05, 0) is 37.5 Å². The smallest absolute Gasteiger partial charge is 0.309 e. The molecule has 2 rings (SSSR count). The number of aliphatic carboxylic acids is 1. The molecule has 0 aromatic heterocycles. The van der Waals surface area contributed by atoms with Crippen molar-refractivity contribution in [3.8, 4) is 0 Å². The van der Waals surface area contributed by atoms with Crippen molar-refractivity contribution in [1.29, 1.82) is 0 Å². The van der Waals surface area contributed by atoms with Crippen LogP contribution in [0.5, 0.6) is 0 Å². The molecule has 1 saturated carbocycles. The maximum absolute atomic E-state index is 11.1. The van der Waals surface area contributed by atoms with Crippen LogP contribution >= 0.6 is 15.9 Å². The number of anilines is 1. The Bertz CT molecular complexity index is 429. The summed E-state index contributed by atoms with van der Waals surface area (Å²) >= 11 is 3.44. The van der Waals surface area contributed by atoms with Crippen LogP contribution in [0.15, 0.2) is 28.7 Å². The van der Waals surface area contributed by atoms with Gasteiger partial charge >= 0.3 is 5.97 Å². The van der Waals surface area contributed by atoms with Crippen molar-refractivity contribution in [2.75, 3.05) is 18.5 Å². The fourth-order valence-corrected chi connectivity index (χ4v) is 2.33. The van der Waals surface area contributed by atoms with Crippen LogP contribution in [-0.2, 0) is 4.79 Å². The molecule has 17 heavy (non-hydrogen) atoms. The SMILES string of the molecule is CN(CCC1(C(=O)O)CC1)c1cccc(Br)c1. The molecule has 0 saturated heterocycles. The molecule has 1 aliphatic carbocycles. The minimum Gasteiger partial charge on any atom is -0.481 e. The highest BCUT2D eigenvalue weighted by Gasteiger charge is 2.49. The zero-order chi connectivity index (χ0) is 12.5. The molecule has 0 aliphatic heterocycles. The van der Waals surface area contributed by atoms with E-state index in [0.29, 0.717) is 0 Å². The summed E-state index contributed by atoms with van der Waals surface area (Å²) in [5.74, 6) is -0.639. The summed E-state index contributed by atoms with van der Waals surface area (Å²) in [4.78, 5) is 13.2. The van der Waals surface area contributed by atoms with Gasteiger partial charge in [-0.1, -0.05) is 22.0 Å². The Morgan fingerprint density at radius 1 is 1.53 bits per heavy atom. The third-order valence-corrected chi connectivity index (χ3v) is 3.98. The van der Waals surface area contributed by atoms with Gasteiger partial charge in [0.15, 0.2) is 0 Å². The van der Waals surface area contributed by atoms with Gasteiger partial charge in [0, 0.05) is 23.8 Å². The van der Waals surface area contributed by atoms with Crippen LogP contribution in [-0.4, -0.2) is 24.7 Å². The summed E-state index contributed by atoms with van der Waals surface area (Å²) in [6.07, 6.45) is 2.38. The molecule has 92 valence electrons. The summed E-state index contributed by atoms with van der Waals surface area (Å²) in [6, 6.07) is 8.04. The quantitative estimate of drug-likeness (QED) is 0.908. The molecule has 1 N–H and O–H groups in total. The molecule has 0 bridgehead atoms. The second kappa shape index (κ2) is 4.69. The standard InChI is InChI=1S/C13H16BrNO2/c1-15(11-4-2-3-10(14)9-11)8-7-13(5-6-13)12(16)17/h2-4,9H,5-8H2,1H3,(H,16,17). The summed E-state index contributed by atoms with van der Waals surface area (Å²) in [7, 11) is 2.00. The Balaban J connectivity index is 1.94. The van der Waals surface area contributed by atoms with Crippen molar-refractivity contribution >= 4 is 27.6 Å². The maximum Gasteiger partial charge on any atom is 0.309 e. The fourth-order valence-electron chi connectivity index (χ4n) is 1.95. The fraction of sp³-hybridized carbons (Fsp3) is 0.462. The number of benzene rings is 1. The van der Waals surface area contributed by atoms with Crippen molar-refractivity contribution in [3.05, 3.63) is 28.7 Å². The van der Waals surface area contributed by atoms with Crippen molar-refractivity contribution in [1.82, 2.24) is 0 Å². The lowest BCUT2D eigenvalue weighted by Gasteiger charge is -2.21. The molecular formula is C13H16BrNO2. The average Bonchev–Trinajstić information content (AvgIpc) is 3.07. The molecule has 1 aromatic carbocycles. The van der Waals surface area contributed by atoms with Gasteiger partial charge in [-0.25, -0.2) is 0 Å². The predicted octanol–water partition coefficient (Wildman–Crippen LogP) is 3.14. The van der Waals surface area contributed by atoms with E-state index in [1.54, 1.807) is 0 Å². The van der Waals surface area contributed by atoms with Gasteiger partial charge in [0.25, 0.3) is 0 Å². The molecule has 3 nitrogen and oxygen atoms in total. The summed E-state index contributed by atoms with van der Waals surface area (Å²) < 4.78 is 1.04. The van der Waals surface area contributed by atoms with Crippen LogP contribution in [0.3, 0.4) is 0 Å². The Kier molecular flexibility index (Phi) is 3.43. The number of carboxylic acids is 1. The van der Waals surface area contributed by atoms with Gasteiger partial charge in [-0.2, -0.15) is 0 Å². The Morgan fingerprint density at radius 2 is 2.24 bits per heavy atom. The first-order chi connectivity index (χ1) is 8.03. The van der Waals surface area contributed by atoms with Crippen molar-refractivity contribution < 1.29 is 9.90 Å². The number of halogens is 1. The van der Waals surface area contributed by atoms with Crippen LogP contribution in [0, 0.1) is 5.41 Å². The van der Waals surface area contributed by atoms with Crippen LogP contribution in [0.2, 0.25) is 0 Å². The highest BCUT2D eigenvalue weighted by Crippen LogP contribution is 2.49. The van der Waals surface area contributed by atoms with Gasteiger partial charge < -0.3 is 10.0 Å². The third-order valence-electron chi connectivity index (χ3n) is 3.48. The number of carboxylic acid groups (broad SMARTS) is 1. The van der Waals surface area contributed by atoms with Crippen LogP contribution < -0.4 is 4.90 Å². The molecule has 4 heteroatoms. The maximum atomic E-state index is 11.1. The first-order valence-corrected chi connectivity index (χ1v) is 6.53. The third kappa shape index (κ3) is 2.80. The van der Waals surface area contributed by atoms with Crippen LogP contribution in [0.1, 0.15) is 19.3 Å². The molecular weight excluding hydrogens is 282 g/mol. The van der Waals surface area contributed by atoms with Crippen molar-refractivity contribution in [2.24, 2.45) is 5.41 Å². The van der Waals surface area contributed by atoms with E-state index in [2.05, 4.69) is 20.8 Å². The van der Waals surface area contributed by atoms with Gasteiger partial charge in [0.2, 0.25) is 0 Å². The van der Waals surface area contributed by atoms with Gasteiger partial charge in [-0.15, -0.1) is 0 Å². The number of nitrogens with zero attached hydrogens (tertiary/aromatic N) is 1. The molecule has 0 heterocycles. The normalized spacial score (nSPS) is 16.6. The largest absolute Gasteiger partial charge is 0.481 e. The molecule has 1 aromatic rings. The second-order valence-corrected chi connectivity index (χ2v) is 5.65. The topological polar surface area (TPSA) is 40.5 Å². The van der Waals surface area contributed by atoms with Crippen LogP contribution in [0.25, 0.3) is 0 Å². The van der Waals surface area contributed by atoms with E-state index in [-0.39, 0.29) is 0 Å². The van der Waals surface area contributed by atoms with E-state index in [4.69, 9.17) is 5.11 Å². The Hall–Kier alpha value is -1.03. The van der Waals surface area contributed by atoms with E-state index < -0.39 is 11.4 Å². The monoisotopic (exact) mass is 297 g/mol. The Morgan fingerprint density at radius 3 is 2.76 bits per heavy atom. The van der Waals surface area contributed by atoms with E-state index in [1.807, 2.05) is 31.3 Å². The van der Waals surface area contributed by atoms with Crippen molar-refractivity contribution in [3.63, 3.8) is 0 Å². The lowest BCUT2D eigenvalue weighted by Crippen LogP contribution is -2.25. The van der Waals surface area contributed by atoms with E-state index in [1.165, 1.54) is 0 Å². The second-order valence-electron chi connectivity index (χ2n) is 4.74. The first-order valence-electron chi connectivity index (χ1n) is 5.74. The molecule has 0 unspecified atom stereocenters. The molecule has 0 atom stereocenters. The van der Waals surface area contributed by atoms with Crippen molar-refractivity contribution in [2.45, 2.75) is 19.3 Å². The van der Waals surface area contributed by atoms with E-state index >= 15 is 0 Å². The number of rotatable bonds is 5. The predicted molar refractivity (Wildman–Crippen MR) is 71.3 cm³/mol. The molecule has 0 amide bonds. The number of hydrogen-bond donors (Lipinski definition) is 1. The number of carbonyl (C=O) groups is 1. The molecule has 0 radical (unpaired) electrons. The molecule has 1 aliphatic rings. The number of hydrogen-bond acceptors (Lipinski definition) is 2. The van der Waals surface area contributed by atoms with E-state index in [0.717, 1.165) is 36.0 Å². The van der Waals surface area contributed by atoms with Crippen LogP contribution in [0.4, 0.5) is 5.69 Å². The highest BCUT2D eigenvalue weighted by atomic mass is 79.9. The highest BCUT2D eigenvalue weighted by molar-refractivity contribution is 9.10. The Labute approximate surface area is 110 Å².